The van der Waals surface area contributed by atoms with Gasteiger partial charge in [-0.25, -0.2) is 9.50 Å². The second kappa shape index (κ2) is 9.10. The molecule has 0 aliphatic rings. The van der Waals surface area contributed by atoms with Crippen LogP contribution >= 0.6 is 15.9 Å². The van der Waals surface area contributed by atoms with Crippen LogP contribution in [0.5, 0.6) is 0 Å². The third-order valence-corrected chi connectivity index (χ3v) is 7.15. The van der Waals surface area contributed by atoms with Gasteiger partial charge in [0.25, 0.3) is 5.91 Å². The molecule has 9 nitrogen and oxygen atoms in total. The monoisotopic (exact) mass is 532 g/mol. The normalized spacial score (nSPS) is 11.3. The molecule has 4 heterocycles. The van der Waals surface area contributed by atoms with Crippen molar-refractivity contribution in [2.24, 2.45) is 0 Å². The van der Waals surface area contributed by atoms with Crippen LogP contribution in [0.25, 0.3) is 16.9 Å². The molecular formula is C25H25BrN8O. The van der Waals surface area contributed by atoms with Crippen LogP contribution in [0.3, 0.4) is 0 Å². The number of halogens is 1. The zero-order valence-corrected chi connectivity index (χ0v) is 21.5. The fraction of sp³-hybridized carbons (Fsp3) is 0.240. The summed E-state index contributed by atoms with van der Waals surface area (Å²) in [5.74, 6) is -0.267. The lowest BCUT2D eigenvalue weighted by Gasteiger charge is -2.09. The van der Waals surface area contributed by atoms with E-state index in [1.54, 1.807) is 16.9 Å². The van der Waals surface area contributed by atoms with E-state index in [0.717, 1.165) is 44.9 Å². The first-order valence-electron chi connectivity index (χ1n) is 11.3. The fourth-order valence-electron chi connectivity index (χ4n) is 4.13. The van der Waals surface area contributed by atoms with Crippen molar-refractivity contribution in [3.8, 4) is 11.3 Å². The first-order valence-corrected chi connectivity index (χ1v) is 12.1. The molecule has 0 aliphatic heterocycles. The molecular weight excluding hydrogens is 508 g/mol. The molecule has 4 aromatic heterocycles. The minimum atomic E-state index is -0.267. The number of hydrogen-bond acceptors (Lipinski definition) is 5. The first-order chi connectivity index (χ1) is 16.9. The second-order valence-electron chi connectivity index (χ2n) is 8.40. The van der Waals surface area contributed by atoms with Crippen molar-refractivity contribution in [1.82, 2.24) is 34.2 Å². The van der Waals surface area contributed by atoms with Crippen LogP contribution in [0.1, 0.15) is 39.9 Å². The molecule has 5 aromatic rings. The van der Waals surface area contributed by atoms with E-state index in [1.165, 1.54) is 0 Å². The van der Waals surface area contributed by atoms with Crippen molar-refractivity contribution in [3.63, 3.8) is 0 Å². The molecule has 0 aliphatic carbocycles. The summed E-state index contributed by atoms with van der Waals surface area (Å²) in [6, 6.07) is 9.64. The van der Waals surface area contributed by atoms with Crippen molar-refractivity contribution in [2.45, 2.75) is 40.8 Å². The summed E-state index contributed by atoms with van der Waals surface area (Å²) >= 11 is 3.57. The molecule has 5 rings (SSSR count). The largest absolute Gasteiger partial charge is 0.322 e. The van der Waals surface area contributed by atoms with Crippen molar-refractivity contribution < 1.29 is 4.79 Å². The number of aromatic nitrogens is 7. The van der Waals surface area contributed by atoms with Gasteiger partial charge in [-0.2, -0.15) is 15.3 Å². The summed E-state index contributed by atoms with van der Waals surface area (Å²) in [6.07, 6.45) is 5.23. The van der Waals surface area contributed by atoms with Gasteiger partial charge in [0.15, 0.2) is 5.65 Å². The molecule has 0 bridgehead atoms. The van der Waals surface area contributed by atoms with Gasteiger partial charge in [-0.3, -0.25) is 14.2 Å². The van der Waals surface area contributed by atoms with E-state index in [2.05, 4.69) is 41.5 Å². The molecule has 1 amide bonds. The zero-order valence-electron chi connectivity index (χ0n) is 19.9. The topological polar surface area (TPSA) is 94.9 Å². The summed E-state index contributed by atoms with van der Waals surface area (Å²) in [7, 11) is 0. The molecule has 0 saturated heterocycles. The molecule has 1 N–H and O–H groups in total. The fourth-order valence-corrected chi connectivity index (χ4v) is 4.42. The highest BCUT2D eigenvalue weighted by Gasteiger charge is 2.18. The number of aryl methyl sites for hydroxylation is 3. The van der Waals surface area contributed by atoms with Crippen LogP contribution in [-0.4, -0.2) is 40.1 Å². The third-order valence-electron chi connectivity index (χ3n) is 6.00. The van der Waals surface area contributed by atoms with Crippen molar-refractivity contribution in [1.29, 1.82) is 0 Å². The van der Waals surface area contributed by atoms with Gasteiger partial charge in [0.05, 0.1) is 40.0 Å². The minimum absolute atomic E-state index is 0.267. The highest BCUT2D eigenvalue weighted by molar-refractivity contribution is 9.10. The lowest BCUT2D eigenvalue weighted by atomic mass is 10.2. The maximum atomic E-state index is 13.2. The maximum Gasteiger partial charge on any atom is 0.261 e. The number of anilines is 1. The van der Waals surface area contributed by atoms with Gasteiger partial charge >= 0.3 is 0 Å². The predicted molar refractivity (Wildman–Crippen MR) is 138 cm³/mol. The van der Waals surface area contributed by atoms with E-state index in [-0.39, 0.29) is 5.91 Å². The highest BCUT2D eigenvalue weighted by Crippen LogP contribution is 2.25. The number of fused-ring (bicyclic) bond motifs is 1. The van der Waals surface area contributed by atoms with Crippen molar-refractivity contribution in [2.75, 3.05) is 5.32 Å². The number of nitrogens with one attached hydrogen (secondary N) is 1. The predicted octanol–water partition coefficient (Wildman–Crippen LogP) is 4.80. The molecule has 0 saturated carbocycles. The average molecular weight is 533 g/mol. The van der Waals surface area contributed by atoms with Crippen LogP contribution < -0.4 is 5.32 Å². The Labute approximate surface area is 210 Å². The lowest BCUT2D eigenvalue weighted by molar-refractivity contribution is 0.102. The van der Waals surface area contributed by atoms with Gasteiger partial charge in [-0.15, -0.1) is 0 Å². The van der Waals surface area contributed by atoms with Crippen molar-refractivity contribution in [3.05, 3.63) is 81.6 Å². The Hall–Kier alpha value is -3.79. The number of nitrogens with zero attached hydrogens (tertiary/aromatic N) is 7. The molecule has 1 aromatic carbocycles. The smallest absolute Gasteiger partial charge is 0.261 e. The summed E-state index contributed by atoms with van der Waals surface area (Å²) in [5.41, 5.74) is 7.32. The SMILES string of the molecule is CCn1cc(-c2ccnc3c(C(=O)Nc4cccc(Cn5nc(C)c(Br)c5C)c4)cnn23)c(C)n1. The van der Waals surface area contributed by atoms with Crippen LogP contribution in [0.4, 0.5) is 5.69 Å². The molecule has 0 radical (unpaired) electrons. The van der Waals surface area contributed by atoms with E-state index >= 15 is 0 Å². The molecule has 35 heavy (non-hydrogen) atoms. The van der Waals surface area contributed by atoms with Crippen LogP contribution in [0.15, 0.2) is 53.4 Å². The average Bonchev–Trinajstić information content (AvgIpc) is 3.52. The Morgan fingerprint density at radius 1 is 1.11 bits per heavy atom. The number of carbonyl (C=O) groups excluding carboxylic acids is 1. The molecule has 0 unspecified atom stereocenters. The first kappa shape index (κ1) is 23.0. The summed E-state index contributed by atoms with van der Waals surface area (Å²) in [5, 5.41) is 16.6. The van der Waals surface area contributed by atoms with E-state index in [9.17, 15) is 4.79 Å². The van der Waals surface area contributed by atoms with E-state index in [1.807, 2.05) is 73.6 Å². The second-order valence-corrected chi connectivity index (χ2v) is 9.20. The summed E-state index contributed by atoms with van der Waals surface area (Å²) in [6.45, 7) is 9.38. The van der Waals surface area contributed by atoms with Gasteiger partial charge in [0.1, 0.15) is 5.56 Å². The number of carbonyl (C=O) groups is 1. The summed E-state index contributed by atoms with van der Waals surface area (Å²) < 4.78 is 6.53. The molecule has 0 fully saturated rings. The maximum absolute atomic E-state index is 13.2. The Bertz CT molecular complexity index is 1560. The third kappa shape index (κ3) is 4.25. The zero-order chi connectivity index (χ0) is 24.7. The Balaban J connectivity index is 1.41. The van der Waals surface area contributed by atoms with Gasteiger partial charge in [0, 0.05) is 30.2 Å². The minimum Gasteiger partial charge on any atom is -0.322 e. The molecule has 0 atom stereocenters. The number of rotatable bonds is 6. The van der Waals surface area contributed by atoms with Crippen LogP contribution in [0, 0.1) is 20.8 Å². The molecule has 178 valence electrons. The van der Waals surface area contributed by atoms with Gasteiger partial charge in [-0.1, -0.05) is 12.1 Å². The summed E-state index contributed by atoms with van der Waals surface area (Å²) in [4.78, 5) is 17.6. The molecule has 10 heteroatoms. The number of benzene rings is 1. The standard InChI is InChI=1S/C25H25BrN8O/c1-5-32-14-21(15(2)30-32)22-9-10-27-24-20(12-28-34(22)24)25(35)29-19-8-6-7-18(11-19)13-33-17(4)23(26)16(3)31-33/h6-12,14H,5,13H2,1-4H3,(H,29,35). The van der Waals surface area contributed by atoms with Crippen LogP contribution in [-0.2, 0) is 13.1 Å². The van der Waals surface area contributed by atoms with Crippen molar-refractivity contribution >= 4 is 33.2 Å². The van der Waals surface area contributed by atoms with Gasteiger partial charge in [-0.05, 0) is 67.4 Å². The Kier molecular flexibility index (Phi) is 5.98. The molecule has 0 spiro atoms. The number of hydrogen-bond donors (Lipinski definition) is 1. The van der Waals surface area contributed by atoms with E-state index < -0.39 is 0 Å². The Morgan fingerprint density at radius 2 is 1.94 bits per heavy atom. The van der Waals surface area contributed by atoms with E-state index in [4.69, 9.17) is 0 Å². The quantitative estimate of drug-likeness (QED) is 0.339. The van der Waals surface area contributed by atoms with Gasteiger partial charge < -0.3 is 5.32 Å². The van der Waals surface area contributed by atoms with Crippen LogP contribution in [0.2, 0.25) is 0 Å². The lowest BCUT2D eigenvalue weighted by Crippen LogP contribution is -2.12. The number of amides is 1. The van der Waals surface area contributed by atoms with Gasteiger partial charge in [0.2, 0.25) is 0 Å². The highest BCUT2D eigenvalue weighted by atomic mass is 79.9. The van der Waals surface area contributed by atoms with E-state index in [0.29, 0.717) is 23.4 Å². The Morgan fingerprint density at radius 3 is 2.66 bits per heavy atom.